The fourth-order valence-electron chi connectivity index (χ4n) is 3.13. The van der Waals surface area contributed by atoms with Gasteiger partial charge in [-0.2, -0.15) is 0 Å². The minimum Gasteiger partial charge on any atom is -0.356 e. The number of likely N-dealkylation sites (N-methyl/N-ethyl adjacent to an activating group) is 1. The average Bonchev–Trinajstić information content (AvgIpc) is 2.64. The third kappa shape index (κ3) is 5.03. The van der Waals surface area contributed by atoms with Crippen LogP contribution in [0.1, 0.15) is 31.9 Å². The summed E-state index contributed by atoms with van der Waals surface area (Å²) in [4.78, 5) is 28.6. The van der Waals surface area contributed by atoms with Crippen molar-refractivity contribution in [2.75, 3.05) is 39.8 Å². The Bertz CT molecular complexity index is 560. The van der Waals surface area contributed by atoms with E-state index in [1.807, 2.05) is 30.3 Å². The fourth-order valence-corrected chi connectivity index (χ4v) is 3.13. The smallest absolute Gasteiger partial charge is 0.251 e. The number of benzene rings is 1. The highest BCUT2D eigenvalue weighted by Crippen LogP contribution is 2.28. The van der Waals surface area contributed by atoms with E-state index in [-0.39, 0.29) is 18.4 Å². The maximum Gasteiger partial charge on any atom is 0.251 e. The summed E-state index contributed by atoms with van der Waals surface area (Å²) in [7, 11) is 1.73. The molecular formula is C19H29N3O3. The molecule has 1 aliphatic heterocycles. The first-order valence-corrected chi connectivity index (χ1v) is 9.00. The molecule has 0 aromatic heterocycles. The summed E-state index contributed by atoms with van der Waals surface area (Å²) < 4.78 is 5.60. The van der Waals surface area contributed by atoms with Crippen LogP contribution in [0.15, 0.2) is 30.3 Å². The number of rotatable bonds is 8. The Morgan fingerprint density at radius 3 is 2.60 bits per heavy atom. The number of nitrogens with one attached hydrogen (secondary N) is 1. The van der Waals surface area contributed by atoms with Gasteiger partial charge in [-0.15, -0.1) is 0 Å². The van der Waals surface area contributed by atoms with Gasteiger partial charge in [0.1, 0.15) is 6.61 Å². The Balaban J connectivity index is 1.97. The number of nitrogens with zero attached hydrogens (tertiary/aromatic N) is 2. The second-order valence-electron chi connectivity index (χ2n) is 6.26. The molecule has 2 unspecified atom stereocenters. The quantitative estimate of drug-likeness (QED) is 0.723. The van der Waals surface area contributed by atoms with Gasteiger partial charge in [0.05, 0.1) is 6.04 Å². The van der Waals surface area contributed by atoms with Gasteiger partial charge >= 0.3 is 0 Å². The van der Waals surface area contributed by atoms with Crippen molar-refractivity contribution in [3.8, 4) is 0 Å². The highest BCUT2D eigenvalue weighted by Gasteiger charge is 2.39. The molecule has 1 heterocycles. The lowest BCUT2D eigenvalue weighted by Gasteiger charge is -2.38. The second-order valence-corrected chi connectivity index (χ2v) is 6.26. The lowest BCUT2D eigenvalue weighted by Crippen LogP contribution is -2.53. The molecule has 138 valence electrons. The molecule has 25 heavy (non-hydrogen) atoms. The Morgan fingerprint density at radius 2 is 1.96 bits per heavy atom. The topological polar surface area (TPSA) is 61.9 Å². The molecule has 0 aliphatic carbocycles. The highest BCUT2D eigenvalue weighted by molar-refractivity contribution is 5.86. The Kier molecular flexibility index (Phi) is 7.40. The number of carbonyl (C=O) groups excluding carboxylic acids is 2. The molecular weight excluding hydrogens is 318 g/mol. The maximum atomic E-state index is 12.6. The molecule has 0 bridgehead atoms. The van der Waals surface area contributed by atoms with Crippen LogP contribution in [-0.4, -0.2) is 67.6 Å². The summed E-state index contributed by atoms with van der Waals surface area (Å²) in [5, 5.41) is 2.96. The molecule has 1 aliphatic rings. The summed E-state index contributed by atoms with van der Waals surface area (Å²) in [5.41, 5.74) is 0.904. The van der Waals surface area contributed by atoms with E-state index >= 15 is 0 Å². The van der Waals surface area contributed by atoms with Crippen LogP contribution in [0.5, 0.6) is 0 Å². The van der Waals surface area contributed by atoms with Crippen LogP contribution in [-0.2, 0) is 14.3 Å². The number of hydrogen-bond acceptors (Lipinski definition) is 4. The van der Waals surface area contributed by atoms with Crippen LogP contribution in [0.25, 0.3) is 0 Å². The number of morpholine rings is 1. The molecule has 1 aromatic carbocycles. The van der Waals surface area contributed by atoms with E-state index < -0.39 is 12.1 Å². The average molecular weight is 347 g/mol. The lowest BCUT2D eigenvalue weighted by molar-refractivity contribution is -0.162. The van der Waals surface area contributed by atoms with E-state index in [0.717, 1.165) is 31.6 Å². The van der Waals surface area contributed by atoms with E-state index in [1.54, 1.807) is 11.9 Å². The van der Waals surface area contributed by atoms with Gasteiger partial charge in [-0.3, -0.25) is 9.59 Å². The monoisotopic (exact) mass is 347 g/mol. The Labute approximate surface area is 150 Å². The highest BCUT2D eigenvalue weighted by atomic mass is 16.5. The molecule has 2 rings (SSSR count). The zero-order valence-electron chi connectivity index (χ0n) is 15.4. The number of amides is 2. The second kappa shape index (κ2) is 9.53. The number of ether oxygens (including phenoxy) is 1. The van der Waals surface area contributed by atoms with Crippen molar-refractivity contribution in [1.82, 2.24) is 15.1 Å². The first-order valence-electron chi connectivity index (χ1n) is 9.00. The van der Waals surface area contributed by atoms with E-state index in [2.05, 4.69) is 24.1 Å². The minimum atomic E-state index is -0.682. The standard InChI is InChI=1S/C19H29N3O3/c1-4-22(5-2)13-9-12-20-19(24)18-17(15-10-7-6-8-11-15)21(3)16(23)14-25-18/h6-8,10-11,17-18H,4-5,9,12-14H2,1-3H3,(H,20,24). The number of hydrogen-bond donors (Lipinski definition) is 1. The van der Waals surface area contributed by atoms with Crippen LogP contribution in [0.3, 0.4) is 0 Å². The van der Waals surface area contributed by atoms with Crippen LogP contribution in [0, 0.1) is 0 Å². The first-order chi connectivity index (χ1) is 12.1. The van der Waals surface area contributed by atoms with E-state index in [9.17, 15) is 9.59 Å². The predicted molar refractivity (Wildman–Crippen MR) is 97.1 cm³/mol. The molecule has 0 spiro atoms. The summed E-state index contributed by atoms with van der Waals surface area (Å²) >= 11 is 0. The van der Waals surface area contributed by atoms with Crippen molar-refractivity contribution in [1.29, 1.82) is 0 Å². The van der Waals surface area contributed by atoms with Gasteiger partial charge in [0.2, 0.25) is 5.91 Å². The normalized spacial score (nSPS) is 20.8. The summed E-state index contributed by atoms with van der Waals surface area (Å²) in [5.74, 6) is -0.271. The van der Waals surface area contributed by atoms with Gasteiger partial charge in [0.25, 0.3) is 5.91 Å². The molecule has 1 N–H and O–H groups in total. The summed E-state index contributed by atoms with van der Waals surface area (Å²) in [6, 6.07) is 9.17. The summed E-state index contributed by atoms with van der Waals surface area (Å²) in [6.45, 7) is 7.80. The van der Waals surface area contributed by atoms with Crippen molar-refractivity contribution in [2.24, 2.45) is 0 Å². The van der Waals surface area contributed by atoms with Crippen LogP contribution in [0.2, 0.25) is 0 Å². The van der Waals surface area contributed by atoms with Gasteiger partial charge in [0, 0.05) is 13.6 Å². The molecule has 0 radical (unpaired) electrons. The largest absolute Gasteiger partial charge is 0.356 e. The molecule has 1 fully saturated rings. The van der Waals surface area contributed by atoms with Crippen molar-refractivity contribution < 1.29 is 14.3 Å². The molecule has 1 saturated heterocycles. The Morgan fingerprint density at radius 1 is 1.28 bits per heavy atom. The van der Waals surface area contributed by atoms with E-state index in [0.29, 0.717) is 6.54 Å². The zero-order chi connectivity index (χ0) is 18.2. The van der Waals surface area contributed by atoms with Gasteiger partial charge < -0.3 is 19.9 Å². The maximum absolute atomic E-state index is 12.6. The third-order valence-electron chi connectivity index (χ3n) is 4.73. The van der Waals surface area contributed by atoms with Crippen LogP contribution < -0.4 is 5.32 Å². The lowest BCUT2D eigenvalue weighted by atomic mass is 9.97. The van der Waals surface area contributed by atoms with Crippen molar-refractivity contribution in [2.45, 2.75) is 32.4 Å². The van der Waals surface area contributed by atoms with Crippen molar-refractivity contribution >= 4 is 11.8 Å². The van der Waals surface area contributed by atoms with Gasteiger partial charge in [-0.25, -0.2) is 0 Å². The predicted octanol–water partition coefficient (Wildman–Crippen LogP) is 1.43. The van der Waals surface area contributed by atoms with Crippen molar-refractivity contribution in [3.05, 3.63) is 35.9 Å². The van der Waals surface area contributed by atoms with Crippen LogP contribution >= 0.6 is 0 Å². The van der Waals surface area contributed by atoms with E-state index in [4.69, 9.17) is 4.74 Å². The van der Waals surface area contributed by atoms with Gasteiger partial charge in [-0.05, 0) is 31.6 Å². The minimum absolute atomic E-state index is 0.0582. The molecule has 6 nitrogen and oxygen atoms in total. The van der Waals surface area contributed by atoms with Crippen LogP contribution in [0.4, 0.5) is 0 Å². The molecule has 0 saturated carbocycles. The van der Waals surface area contributed by atoms with Gasteiger partial charge in [0.15, 0.2) is 6.10 Å². The molecule has 6 heteroatoms. The third-order valence-corrected chi connectivity index (χ3v) is 4.73. The molecule has 2 amide bonds. The Hall–Kier alpha value is -1.92. The molecule has 2 atom stereocenters. The first kappa shape index (κ1) is 19.4. The summed E-state index contributed by atoms with van der Waals surface area (Å²) in [6.07, 6.45) is 0.212. The fraction of sp³-hybridized carbons (Fsp3) is 0.579. The number of carbonyl (C=O) groups is 2. The van der Waals surface area contributed by atoms with Gasteiger partial charge in [-0.1, -0.05) is 44.2 Å². The molecule has 1 aromatic rings. The zero-order valence-corrected chi connectivity index (χ0v) is 15.4. The SMILES string of the molecule is CCN(CC)CCCNC(=O)C1OCC(=O)N(C)C1c1ccccc1. The van der Waals surface area contributed by atoms with E-state index in [1.165, 1.54) is 0 Å². The van der Waals surface area contributed by atoms with Crippen molar-refractivity contribution in [3.63, 3.8) is 0 Å².